The number of hydrazine groups is 1. The number of imidazole rings is 1. The van der Waals surface area contributed by atoms with Gasteiger partial charge in [0.2, 0.25) is 29.5 Å². The molecule has 0 radical (unpaired) electrons. The summed E-state index contributed by atoms with van der Waals surface area (Å²) in [5.41, 5.74) is 25.0. The lowest BCUT2D eigenvalue weighted by atomic mass is 10.0. The third-order valence-electron chi connectivity index (χ3n) is 9.55. The van der Waals surface area contributed by atoms with E-state index in [1.54, 1.807) is 50.4 Å². The highest BCUT2D eigenvalue weighted by molar-refractivity contribution is 7.80. The number of rotatable bonds is 25. The number of H-pyrrole nitrogens is 2. The number of benzene rings is 2. The lowest BCUT2D eigenvalue weighted by Crippen LogP contribution is -2.61. The van der Waals surface area contributed by atoms with E-state index >= 15 is 0 Å². The number of aromatic nitrogens is 3. The van der Waals surface area contributed by atoms with Gasteiger partial charge in [0, 0.05) is 60.6 Å². The summed E-state index contributed by atoms with van der Waals surface area (Å²) in [6.45, 7) is 3.64. The summed E-state index contributed by atoms with van der Waals surface area (Å²) in [6.07, 6.45) is 4.11. The lowest BCUT2D eigenvalue weighted by Gasteiger charge is -2.28. The number of aliphatic imine (C=N–C) groups is 1. The predicted octanol–water partition coefficient (Wildman–Crippen LogP) is -0.987. The van der Waals surface area contributed by atoms with Gasteiger partial charge in [0.05, 0.1) is 12.4 Å². The number of para-hydroxylation sites is 1. The van der Waals surface area contributed by atoms with Gasteiger partial charge in [-0.05, 0) is 36.0 Å². The summed E-state index contributed by atoms with van der Waals surface area (Å²) in [5, 5.41) is 11.7. The molecule has 0 fully saturated rings. The fourth-order valence-corrected chi connectivity index (χ4v) is 6.58. The maximum absolute atomic E-state index is 14.3. The Balaban J connectivity index is 1.60. The number of nitrogens with zero attached hydrogens (tertiary/aromatic N) is 2. The molecule has 5 amide bonds. The minimum absolute atomic E-state index is 0.00676. The molecule has 322 valence electrons. The van der Waals surface area contributed by atoms with Crippen molar-refractivity contribution in [3.63, 3.8) is 0 Å². The van der Waals surface area contributed by atoms with Crippen molar-refractivity contribution in [1.29, 1.82) is 0 Å². The minimum Gasteiger partial charge on any atom is -0.370 e. The first-order valence-corrected chi connectivity index (χ1v) is 20.0. The van der Waals surface area contributed by atoms with Gasteiger partial charge in [-0.15, -0.1) is 0 Å². The van der Waals surface area contributed by atoms with E-state index in [1.165, 1.54) is 12.5 Å². The number of aromatic amines is 2. The van der Waals surface area contributed by atoms with E-state index in [-0.39, 0.29) is 56.3 Å². The molecule has 0 saturated heterocycles. The quantitative estimate of drug-likeness (QED) is 0.00960. The molecule has 6 atom stereocenters. The van der Waals surface area contributed by atoms with Gasteiger partial charge in [-0.1, -0.05) is 62.4 Å². The summed E-state index contributed by atoms with van der Waals surface area (Å²) in [6, 6.07) is 9.43. The van der Waals surface area contributed by atoms with E-state index < -0.39 is 72.0 Å². The molecule has 2 heterocycles. The number of primary amides is 1. The summed E-state index contributed by atoms with van der Waals surface area (Å²) in [7, 11) is 0. The van der Waals surface area contributed by atoms with Gasteiger partial charge >= 0.3 is 0 Å². The number of carbonyl (C=O) groups excluding carboxylic acids is 6. The monoisotopic (exact) mass is 846 g/mol. The number of nitrogens with two attached hydrogens (primary N) is 3. The molecule has 0 aliphatic carbocycles. The Morgan fingerprint density at radius 1 is 0.817 bits per heavy atom. The van der Waals surface area contributed by atoms with Crippen LogP contribution in [0, 0.1) is 5.92 Å². The molecule has 4 rings (SSSR count). The Kier molecular flexibility index (Phi) is 17.5. The van der Waals surface area contributed by atoms with E-state index in [9.17, 15) is 28.8 Å². The van der Waals surface area contributed by atoms with Crippen LogP contribution in [0.4, 0.5) is 0 Å². The van der Waals surface area contributed by atoms with Crippen molar-refractivity contribution in [3.8, 4) is 0 Å². The second-order valence-corrected chi connectivity index (χ2v) is 14.9. The van der Waals surface area contributed by atoms with E-state index in [2.05, 4.69) is 64.7 Å². The van der Waals surface area contributed by atoms with Gasteiger partial charge in [-0.2, -0.15) is 12.6 Å². The zero-order valence-corrected chi connectivity index (χ0v) is 34.3. The molecule has 2 aromatic carbocycles. The molecule has 2 aromatic heterocycles. The molecule has 0 aliphatic heterocycles. The third kappa shape index (κ3) is 14.2. The highest BCUT2D eigenvalue weighted by atomic mass is 32.1. The summed E-state index contributed by atoms with van der Waals surface area (Å²) >= 11 is 4.14. The Hall–Kier alpha value is -6.25. The Morgan fingerprint density at radius 3 is 2.08 bits per heavy atom. The highest BCUT2D eigenvalue weighted by Crippen LogP contribution is 2.20. The van der Waals surface area contributed by atoms with Gasteiger partial charge in [0.1, 0.15) is 37.8 Å². The van der Waals surface area contributed by atoms with E-state index in [0.29, 0.717) is 16.8 Å². The van der Waals surface area contributed by atoms with Gasteiger partial charge in [0.25, 0.3) is 0 Å². The Labute approximate surface area is 354 Å². The van der Waals surface area contributed by atoms with E-state index in [4.69, 9.17) is 18.6 Å². The van der Waals surface area contributed by atoms with Crippen molar-refractivity contribution in [2.45, 2.75) is 82.2 Å². The number of carbonyl (C=O) groups is 6. The molecule has 0 spiro atoms. The fourth-order valence-electron chi connectivity index (χ4n) is 6.31. The topological polar surface area (TPSA) is 309 Å². The van der Waals surface area contributed by atoms with Crippen LogP contribution in [-0.2, 0) is 48.0 Å². The molecule has 60 heavy (non-hydrogen) atoms. The minimum atomic E-state index is -1.26. The van der Waals surface area contributed by atoms with Crippen molar-refractivity contribution in [2.75, 3.05) is 12.3 Å². The number of amides is 5. The molecule has 20 heteroatoms. The van der Waals surface area contributed by atoms with Gasteiger partial charge in [-0.25, -0.2) is 15.8 Å². The number of hydrogen-bond donors (Lipinski definition) is 12. The van der Waals surface area contributed by atoms with Crippen molar-refractivity contribution < 1.29 is 30.1 Å². The van der Waals surface area contributed by atoms with Crippen molar-refractivity contribution >= 4 is 65.3 Å². The number of nitrogens with one attached hydrogen (secondary N) is 8. The van der Waals surface area contributed by atoms with Crippen LogP contribution in [0.2, 0.25) is 0 Å². The first-order valence-electron chi connectivity index (χ1n) is 19.9. The third-order valence-corrected chi connectivity index (χ3v) is 9.92. The van der Waals surface area contributed by atoms with Crippen LogP contribution in [-0.4, -0.2) is 105 Å². The molecular formula is C40H55N13O6S. The number of aldehydes is 1. The molecule has 4 aromatic rings. The van der Waals surface area contributed by atoms with Crippen LogP contribution in [0.1, 0.15) is 44.9 Å². The average molecular weight is 847 g/mol. The van der Waals surface area contributed by atoms with Crippen LogP contribution in [0.3, 0.4) is 0 Å². The maximum Gasteiger partial charge on any atom is 0.243 e. The van der Waals surface area contributed by atoms with Crippen LogP contribution in [0.25, 0.3) is 10.9 Å². The van der Waals surface area contributed by atoms with Crippen LogP contribution in [0.5, 0.6) is 0 Å². The lowest BCUT2D eigenvalue weighted by molar-refractivity contribution is -0.134. The number of hydrogen-bond acceptors (Lipinski definition) is 11. The second kappa shape index (κ2) is 23.4. The summed E-state index contributed by atoms with van der Waals surface area (Å²) < 4.78 is 7.75. The number of guanidine groups is 1. The summed E-state index contributed by atoms with van der Waals surface area (Å²) in [5.74, 6) is -4.21. The zero-order chi connectivity index (χ0) is 44.5. The van der Waals surface area contributed by atoms with Crippen molar-refractivity contribution in [1.82, 2.24) is 47.1 Å². The largest absolute Gasteiger partial charge is 0.370 e. The first-order chi connectivity index (χ1) is 29.2. The number of thiol groups is 1. The van der Waals surface area contributed by atoms with Crippen molar-refractivity contribution in [2.24, 2.45) is 28.1 Å². The summed E-state index contributed by atoms with van der Waals surface area (Å²) in [4.78, 5) is 94.5. The van der Waals surface area contributed by atoms with Gasteiger partial charge < -0.3 is 53.2 Å². The van der Waals surface area contributed by atoms with Crippen LogP contribution in [0.15, 0.2) is 78.3 Å². The number of fused-ring (bicyclic) bond motifs is 1. The smallest absolute Gasteiger partial charge is 0.243 e. The van der Waals surface area contributed by atoms with E-state index in [0.717, 1.165) is 10.9 Å². The van der Waals surface area contributed by atoms with Crippen LogP contribution < -0.4 is 49.3 Å². The molecular weight excluding hydrogens is 791 g/mol. The first kappa shape index (κ1) is 44.8. The SMILES string of the molecule is [2H]C(=O)[C@H](Cc1cnc[nH]1)NN[C@H](C(=O)NC(Cc1ccccc1)C(=O)N[C@@H](CCCN=C(N)N)C(=O)NC(Cc1c[nH]c2ccccc12)C(=O)N[C@@H](CS)C(N)=O)C(C)C. The molecule has 0 saturated carbocycles. The Morgan fingerprint density at radius 2 is 1.45 bits per heavy atom. The normalized spacial score (nSPS) is 14.4. The Bertz CT molecular complexity index is 2110. The predicted molar refractivity (Wildman–Crippen MR) is 230 cm³/mol. The maximum atomic E-state index is 14.3. The zero-order valence-electron chi connectivity index (χ0n) is 34.4. The van der Waals surface area contributed by atoms with Crippen LogP contribution >= 0.6 is 12.6 Å². The molecule has 19 nitrogen and oxygen atoms in total. The van der Waals surface area contributed by atoms with Gasteiger partial charge in [-0.3, -0.25) is 29.0 Å². The van der Waals surface area contributed by atoms with Crippen molar-refractivity contribution in [3.05, 3.63) is 90.1 Å². The molecule has 0 aliphatic rings. The average Bonchev–Trinajstić information content (AvgIpc) is 3.90. The van der Waals surface area contributed by atoms with E-state index in [1.807, 2.05) is 24.3 Å². The standard InChI is InChI=1S/C40H55N13O6S/c1-23(2)34(53-52-27(20-54)17-26-19-44-22-47-26)39(59)50-31(15-24-9-4-3-5-10-24)37(57)48-30(13-8-14-45-40(42)43)36(56)49-32(38(58)51-33(21-60)35(41)55)16-25-18-46-29-12-7-6-11-28(25)29/h3-7,9-12,18-20,22-23,27,30-34,46,52-53,60H,8,13-17,21H2,1-2H3,(H2,41,55)(H,44,47)(H,48,57)(H,49,56)(H,50,59)(H,51,58)(H4,42,43,45)/t27-,30-,31?,32?,33-,34-/m0/s1/i20D. The molecule has 0 bridgehead atoms. The fraction of sp³-hybridized carbons (Fsp3) is 0.400. The second-order valence-electron chi connectivity index (χ2n) is 14.5. The molecule has 2 unspecified atom stereocenters. The molecule has 14 N–H and O–H groups in total. The van der Waals surface area contributed by atoms with Gasteiger partial charge in [0.15, 0.2) is 5.96 Å². The highest BCUT2D eigenvalue weighted by Gasteiger charge is 2.33.